The highest BCUT2D eigenvalue weighted by Crippen LogP contribution is 2.39. The van der Waals surface area contributed by atoms with Gasteiger partial charge in [0.1, 0.15) is 10.6 Å². The van der Waals surface area contributed by atoms with Gasteiger partial charge in [0.05, 0.1) is 17.9 Å². The highest BCUT2D eigenvalue weighted by molar-refractivity contribution is 7.15. The van der Waals surface area contributed by atoms with E-state index in [1.54, 1.807) is 30.4 Å². The number of fused-ring (bicyclic) bond motifs is 1. The van der Waals surface area contributed by atoms with Crippen LogP contribution in [0.2, 0.25) is 0 Å². The second kappa shape index (κ2) is 10.3. The van der Waals surface area contributed by atoms with E-state index in [4.69, 9.17) is 4.74 Å². The molecule has 1 saturated heterocycles. The first kappa shape index (κ1) is 26.6. The zero-order valence-electron chi connectivity index (χ0n) is 22.8. The van der Waals surface area contributed by atoms with Crippen molar-refractivity contribution in [3.63, 3.8) is 0 Å². The minimum Gasteiger partial charge on any atom is -0.462 e. The van der Waals surface area contributed by atoms with Crippen molar-refractivity contribution < 1.29 is 23.9 Å². The van der Waals surface area contributed by atoms with Gasteiger partial charge in [0, 0.05) is 16.3 Å². The van der Waals surface area contributed by atoms with Gasteiger partial charge in [-0.3, -0.25) is 14.9 Å². The standard InChI is InChI=1S/C30H31N3O5S/c1-6-38-29(36)25-22-9-7-8-10-24(22)39-28(25)32-18(4)14-20(19(32)5)15-23-26(34)31-30(37)33(27(23)35)21-12-16(2)11-17(3)13-21/h11-15H,6-10H2,1-5H3,(H,31,34,37). The molecule has 39 heavy (non-hydrogen) atoms. The number of barbiturate groups is 1. The van der Waals surface area contributed by atoms with Gasteiger partial charge in [-0.15, -0.1) is 11.3 Å². The molecule has 5 rings (SSSR count). The molecule has 2 aliphatic rings. The molecule has 0 spiro atoms. The number of hydrogen-bond donors (Lipinski definition) is 1. The maximum Gasteiger partial charge on any atom is 0.341 e. The number of anilines is 1. The molecule has 0 saturated carbocycles. The van der Waals surface area contributed by atoms with Crippen molar-refractivity contribution in [1.29, 1.82) is 0 Å². The maximum absolute atomic E-state index is 13.5. The molecule has 0 radical (unpaired) electrons. The van der Waals surface area contributed by atoms with Crippen LogP contribution < -0.4 is 10.2 Å². The topological polar surface area (TPSA) is 97.7 Å². The molecule has 4 amide bonds. The Morgan fingerprint density at radius 1 is 1.03 bits per heavy atom. The summed E-state index contributed by atoms with van der Waals surface area (Å²) in [6, 6.07) is 6.52. The molecule has 9 heteroatoms. The SMILES string of the molecule is CCOC(=O)c1c(-n2c(C)cc(C=C3C(=O)NC(=O)N(c4cc(C)cc(C)c4)C3=O)c2C)sc2c1CCCC2. The first-order valence-corrected chi connectivity index (χ1v) is 13.9. The third kappa shape index (κ3) is 4.71. The molecule has 0 atom stereocenters. The molecule has 0 bridgehead atoms. The Hall–Kier alpha value is -3.98. The monoisotopic (exact) mass is 545 g/mol. The van der Waals surface area contributed by atoms with Gasteiger partial charge in [-0.05, 0) is 107 Å². The van der Waals surface area contributed by atoms with Gasteiger partial charge in [0.15, 0.2) is 0 Å². The largest absolute Gasteiger partial charge is 0.462 e. The Labute approximate surface area is 231 Å². The third-order valence-corrected chi connectivity index (χ3v) is 8.45. The number of rotatable bonds is 5. The predicted octanol–water partition coefficient (Wildman–Crippen LogP) is 5.49. The van der Waals surface area contributed by atoms with Gasteiger partial charge >= 0.3 is 12.0 Å². The second-order valence-electron chi connectivity index (χ2n) is 10.1. The van der Waals surface area contributed by atoms with Gasteiger partial charge < -0.3 is 9.30 Å². The minimum absolute atomic E-state index is 0.134. The van der Waals surface area contributed by atoms with E-state index in [0.717, 1.165) is 63.7 Å². The number of aromatic nitrogens is 1. The zero-order valence-corrected chi connectivity index (χ0v) is 23.6. The van der Waals surface area contributed by atoms with E-state index < -0.39 is 17.8 Å². The van der Waals surface area contributed by atoms with E-state index in [1.807, 2.05) is 44.4 Å². The van der Waals surface area contributed by atoms with Crippen molar-refractivity contribution in [2.24, 2.45) is 0 Å². The summed E-state index contributed by atoms with van der Waals surface area (Å²) >= 11 is 1.60. The maximum atomic E-state index is 13.5. The van der Waals surface area contributed by atoms with Gasteiger partial charge in [0.25, 0.3) is 11.8 Å². The lowest BCUT2D eigenvalue weighted by Crippen LogP contribution is -2.54. The molecule has 3 heterocycles. The summed E-state index contributed by atoms with van der Waals surface area (Å²) in [6.07, 6.45) is 5.41. The van der Waals surface area contributed by atoms with Crippen LogP contribution in [0, 0.1) is 27.7 Å². The lowest BCUT2D eigenvalue weighted by Gasteiger charge is -2.27. The second-order valence-corrected chi connectivity index (χ2v) is 11.2. The lowest BCUT2D eigenvalue weighted by molar-refractivity contribution is -0.122. The van der Waals surface area contributed by atoms with Gasteiger partial charge in [0.2, 0.25) is 0 Å². The van der Waals surface area contributed by atoms with Gasteiger partial charge in [-0.25, -0.2) is 14.5 Å². The van der Waals surface area contributed by atoms with E-state index in [9.17, 15) is 19.2 Å². The lowest BCUT2D eigenvalue weighted by atomic mass is 9.95. The predicted molar refractivity (Wildman–Crippen MR) is 151 cm³/mol. The van der Waals surface area contributed by atoms with Crippen LogP contribution in [-0.2, 0) is 27.2 Å². The Morgan fingerprint density at radius 2 is 1.72 bits per heavy atom. The number of imide groups is 2. The van der Waals surface area contributed by atoms with Crippen LogP contribution >= 0.6 is 11.3 Å². The van der Waals surface area contributed by atoms with E-state index in [2.05, 4.69) is 5.32 Å². The average Bonchev–Trinajstić information content (AvgIpc) is 3.37. The molecule has 0 unspecified atom stereocenters. The highest BCUT2D eigenvalue weighted by atomic mass is 32.1. The normalized spacial score (nSPS) is 16.5. The number of benzene rings is 1. The number of hydrogen-bond acceptors (Lipinski definition) is 6. The first-order chi connectivity index (χ1) is 18.6. The van der Waals surface area contributed by atoms with Gasteiger partial charge in [-0.2, -0.15) is 0 Å². The average molecular weight is 546 g/mol. The molecule has 3 aromatic rings. The van der Waals surface area contributed by atoms with Crippen molar-refractivity contribution in [3.8, 4) is 5.00 Å². The number of carbonyl (C=O) groups is 4. The molecule has 1 aliphatic heterocycles. The fourth-order valence-electron chi connectivity index (χ4n) is 5.50. The number of urea groups is 1. The van der Waals surface area contributed by atoms with Crippen LogP contribution in [0.15, 0.2) is 29.8 Å². The van der Waals surface area contributed by atoms with Crippen molar-refractivity contribution in [3.05, 3.63) is 73.9 Å². The molecule has 1 aromatic carbocycles. The highest BCUT2D eigenvalue weighted by Gasteiger charge is 2.37. The number of nitrogens with zero attached hydrogens (tertiary/aromatic N) is 2. The number of amides is 4. The summed E-state index contributed by atoms with van der Waals surface area (Å²) in [6.45, 7) is 9.67. The Bertz CT molecular complexity index is 1560. The summed E-state index contributed by atoms with van der Waals surface area (Å²) in [5.74, 6) is -1.75. The summed E-state index contributed by atoms with van der Waals surface area (Å²) in [7, 11) is 0. The smallest absolute Gasteiger partial charge is 0.341 e. The van der Waals surface area contributed by atoms with Crippen LogP contribution in [0.3, 0.4) is 0 Å². The summed E-state index contributed by atoms with van der Waals surface area (Å²) in [4.78, 5) is 54.3. The van der Waals surface area contributed by atoms with E-state index >= 15 is 0 Å². The van der Waals surface area contributed by atoms with Crippen LogP contribution in [0.4, 0.5) is 10.5 Å². The molecule has 2 aromatic heterocycles. The number of thiophene rings is 1. The quantitative estimate of drug-likeness (QED) is 0.260. The number of aryl methyl sites for hydroxylation is 4. The molecule has 8 nitrogen and oxygen atoms in total. The number of ether oxygens (including phenoxy) is 1. The van der Waals surface area contributed by atoms with Crippen molar-refractivity contribution in [2.45, 2.75) is 60.3 Å². The van der Waals surface area contributed by atoms with Crippen molar-refractivity contribution in [2.75, 3.05) is 11.5 Å². The zero-order chi connectivity index (χ0) is 28.0. The Balaban J connectivity index is 1.59. The summed E-state index contributed by atoms with van der Waals surface area (Å²) in [5.41, 5.74) is 6.02. The minimum atomic E-state index is -0.777. The van der Waals surface area contributed by atoms with E-state index in [0.29, 0.717) is 16.8 Å². The number of esters is 1. The Kier molecular flexibility index (Phi) is 7.03. The fourth-order valence-corrected chi connectivity index (χ4v) is 6.98. The van der Waals surface area contributed by atoms with Crippen molar-refractivity contribution >= 4 is 46.9 Å². The van der Waals surface area contributed by atoms with E-state index in [1.165, 1.54) is 11.0 Å². The van der Waals surface area contributed by atoms with Crippen LogP contribution in [0.1, 0.15) is 68.6 Å². The molecule has 202 valence electrons. The van der Waals surface area contributed by atoms with E-state index in [-0.39, 0.29) is 18.1 Å². The summed E-state index contributed by atoms with van der Waals surface area (Å²) in [5, 5.41) is 3.10. The molecular formula is C30H31N3O5S. The Morgan fingerprint density at radius 3 is 2.41 bits per heavy atom. The van der Waals surface area contributed by atoms with Crippen LogP contribution in [0.25, 0.3) is 11.1 Å². The fraction of sp³-hybridized carbons (Fsp3) is 0.333. The molecule has 1 aliphatic carbocycles. The van der Waals surface area contributed by atoms with Crippen LogP contribution in [0.5, 0.6) is 0 Å². The number of carbonyl (C=O) groups excluding carboxylic acids is 4. The third-order valence-electron chi connectivity index (χ3n) is 7.17. The molecular weight excluding hydrogens is 514 g/mol. The first-order valence-electron chi connectivity index (χ1n) is 13.1. The van der Waals surface area contributed by atoms with Gasteiger partial charge in [-0.1, -0.05) is 6.07 Å². The van der Waals surface area contributed by atoms with Crippen molar-refractivity contribution in [1.82, 2.24) is 9.88 Å². The van der Waals surface area contributed by atoms with Crippen LogP contribution in [-0.4, -0.2) is 35.0 Å². The summed E-state index contributed by atoms with van der Waals surface area (Å²) < 4.78 is 7.44. The molecule has 1 fully saturated rings. The number of nitrogens with one attached hydrogen (secondary N) is 1. The molecule has 1 N–H and O–H groups in total.